The summed E-state index contributed by atoms with van der Waals surface area (Å²) in [6, 6.07) is 5.58. The number of hydrogen-bond acceptors (Lipinski definition) is 2. The van der Waals surface area contributed by atoms with Crippen molar-refractivity contribution in [1.82, 2.24) is 0 Å². The normalized spacial score (nSPS) is 15.1. The van der Waals surface area contributed by atoms with E-state index in [0.29, 0.717) is 11.1 Å². The van der Waals surface area contributed by atoms with Gasteiger partial charge in [0.05, 0.1) is 0 Å². The minimum Gasteiger partial charge on any atom is -0.294 e. The molecular formula is C14H15O2. The lowest BCUT2D eigenvalue weighted by molar-refractivity contribution is 0.0930. The van der Waals surface area contributed by atoms with Gasteiger partial charge in [0.1, 0.15) is 0 Å². The van der Waals surface area contributed by atoms with Crippen molar-refractivity contribution < 1.29 is 9.59 Å². The van der Waals surface area contributed by atoms with Gasteiger partial charge >= 0.3 is 0 Å². The lowest BCUT2D eigenvalue weighted by Gasteiger charge is -2.16. The monoisotopic (exact) mass is 215 g/mol. The smallest absolute Gasteiger partial charge is 0.167 e. The number of aryl methyl sites for hydroxylation is 1. The average Bonchev–Trinajstić information content (AvgIpc) is 2.31. The third kappa shape index (κ3) is 1.92. The van der Waals surface area contributed by atoms with E-state index < -0.39 is 0 Å². The number of ketones is 2. The maximum atomic E-state index is 11.8. The third-order valence-electron chi connectivity index (χ3n) is 2.97. The number of benzene rings is 1. The predicted molar refractivity (Wildman–Crippen MR) is 62.6 cm³/mol. The van der Waals surface area contributed by atoms with Gasteiger partial charge in [-0.15, -0.1) is 0 Å². The molecule has 0 atom stereocenters. The Balaban J connectivity index is 2.43. The Morgan fingerprint density at radius 2 is 2.06 bits per heavy atom. The van der Waals surface area contributed by atoms with Crippen LogP contribution < -0.4 is 0 Å². The zero-order valence-electron chi connectivity index (χ0n) is 9.45. The molecule has 0 saturated heterocycles. The number of carbonyl (C=O) groups is 2. The van der Waals surface area contributed by atoms with Gasteiger partial charge in [-0.05, 0) is 18.4 Å². The zero-order valence-corrected chi connectivity index (χ0v) is 9.45. The van der Waals surface area contributed by atoms with Crippen LogP contribution >= 0.6 is 0 Å². The summed E-state index contributed by atoms with van der Waals surface area (Å²) in [4.78, 5) is 23.5. The largest absolute Gasteiger partial charge is 0.294 e. The van der Waals surface area contributed by atoms with Gasteiger partial charge in [0.2, 0.25) is 0 Å². The lowest BCUT2D eigenvalue weighted by Crippen LogP contribution is -2.19. The molecule has 1 aromatic rings. The Labute approximate surface area is 95.7 Å². The molecule has 0 heterocycles. The van der Waals surface area contributed by atoms with Crippen LogP contribution in [-0.2, 0) is 6.42 Å². The number of Topliss-reactive ketones (excluding diaryl/α,β-unsaturated/α-hetero) is 2. The number of unbranched alkanes of at least 4 members (excludes halogenated alkanes) is 1. The SMILES string of the molecule is CCCCc1cccc2c1C(=O)C[CH]C2=O. The van der Waals surface area contributed by atoms with Crippen LogP contribution in [0.3, 0.4) is 0 Å². The summed E-state index contributed by atoms with van der Waals surface area (Å²) in [7, 11) is 0. The van der Waals surface area contributed by atoms with Gasteiger partial charge in [-0.1, -0.05) is 31.5 Å². The van der Waals surface area contributed by atoms with Crippen LogP contribution in [0.25, 0.3) is 0 Å². The molecule has 0 bridgehead atoms. The fraction of sp³-hybridized carbons (Fsp3) is 0.357. The maximum absolute atomic E-state index is 11.8. The maximum Gasteiger partial charge on any atom is 0.167 e. The summed E-state index contributed by atoms with van der Waals surface area (Å²) in [5, 5.41) is 0. The van der Waals surface area contributed by atoms with Crippen molar-refractivity contribution >= 4 is 11.6 Å². The molecule has 0 N–H and O–H groups in total. The summed E-state index contributed by atoms with van der Waals surface area (Å²) in [6.45, 7) is 2.12. The fourth-order valence-corrected chi connectivity index (χ4v) is 2.11. The van der Waals surface area contributed by atoms with Gasteiger partial charge in [-0.25, -0.2) is 0 Å². The second kappa shape index (κ2) is 4.60. The summed E-state index contributed by atoms with van der Waals surface area (Å²) in [5.74, 6) is 0.0780. The molecule has 83 valence electrons. The number of carbonyl (C=O) groups excluding carboxylic acids is 2. The number of rotatable bonds is 3. The molecule has 2 rings (SSSR count). The minimum atomic E-state index is -0.00653. The highest BCUT2D eigenvalue weighted by molar-refractivity contribution is 6.18. The van der Waals surface area contributed by atoms with Crippen LogP contribution in [-0.4, -0.2) is 11.6 Å². The molecule has 16 heavy (non-hydrogen) atoms. The fourth-order valence-electron chi connectivity index (χ4n) is 2.11. The molecule has 1 aliphatic rings. The Kier molecular flexibility index (Phi) is 3.18. The molecule has 0 fully saturated rings. The van der Waals surface area contributed by atoms with E-state index in [9.17, 15) is 9.59 Å². The number of fused-ring (bicyclic) bond motifs is 1. The Morgan fingerprint density at radius 1 is 1.25 bits per heavy atom. The molecule has 1 radical (unpaired) electrons. The van der Waals surface area contributed by atoms with Crippen molar-refractivity contribution in [2.75, 3.05) is 0 Å². The molecule has 1 aliphatic carbocycles. The topological polar surface area (TPSA) is 34.1 Å². The van der Waals surface area contributed by atoms with Crippen molar-refractivity contribution in [3.63, 3.8) is 0 Å². The molecule has 0 saturated carbocycles. The van der Waals surface area contributed by atoms with E-state index in [1.807, 2.05) is 12.1 Å². The molecule has 1 aromatic carbocycles. The van der Waals surface area contributed by atoms with Gasteiger partial charge in [0.15, 0.2) is 11.6 Å². The van der Waals surface area contributed by atoms with E-state index in [0.717, 1.165) is 24.8 Å². The standard InChI is InChI=1S/C14H15O2/c1-2-3-5-10-6-4-7-11-12(15)8-9-13(16)14(10)11/h4,6-8H,2-3,5,9H2,1H3. The molecule has 0 spiro atoms. The van der Waals surface area contributed by atoms with E-state index in [2.05, 4.69) is 6.92 Å². The van der Waals surface area contributed by atoms with Gasteiger partial charge in [0, 0.05) is 24.0 Å². The molecule has 0 aromatic heterocycles. The van der Waals surface area contributed by atoms with Gasteiger partial charge < -0.3 is 0 Å². The summed E-state index contributed by atoms with van der Waals surface area (Å²) < 4.78 is 0. The molecule has 2 heteroatoms. The summed E-state index contributed by atoms with van der Waals surface area (Å²) in [6.07, 6.45) is 4.78. The van der Waals surface area contributed by atoms with Crippen molar-refractivity contribution in [1.29, 1.82) is 0 Å². The quantitative estimate of drug-likeness (QED) is 0.776. The van der Waals surface area contributed by atoms with Crippen LogP contribution in [0.5, 0.6) is 0 Å². The predicted octanol–water partition coefficient (Wildman–Crippen LogP) is 3.00. The average molecular weight is 215 g/mol. The van der Waals surface area contributed by atoms with Crippen molar-refractivity contribution in [2.24, 2.45) is 0 Å². The highest BCUT2D eigenvalue weighted by Crippen LogP contribution is 2.25. The van der Waals surface area contributed by atoms with E-state index >= 15 is 0 Å². The second-order valence-corrected chi connectivity index (χ2v) is 4.14. The Morgan fingerprint density at radius 3 is 2.81 bits per heavy atom. The van der Waals surface area contributed by atoms with E-state index in [-0.39, 0.29) is 18.0 Å². The molecule has 0 aliphatic heterocycles. The van der Waals surface area contributed by atoms with Crippen LogP contribution in [0.2, 0.25) is 0 Å². The van der Waals surface area contributed by atoms with Gasteiger partial charge in [0.25, 0.3) is 0 Å². The first-order chi connectivity index (χ1) is 7.74. The van der Waals surface area contributed by atoms with Crippen molar-refractivity contribution in [3.05, 3.63) is 41.3 Å². The summed E-state index contributed by atoms with van der Waals surface area (Å²) in [5.41, 5.74) is 2.29. The highest BCUT2D eigenvalue weighted by atomic mass is 16.1. The van der Waals surface area contributed by atoms with Gasteiger partial charge in [-0.2, -0.15) is 0 Å². The molecular weight excluding hydrogens is 200 g/mol. The van der Waals surface area contributed by atoms with Crippen LogP contribution in [0.15, 0.2) is 18.2 Å². The lowest BCUT2D eigenvalue weighted by atomic mass is 9.85. The first kappa shape index (κ1) is 11.1. The molecule has 0 amide bonds. The Bertz CT molecular complexity index is 432. The first-order valence-corrected chi connectivity index (χ1v) is 5.76. The van der Waals surface area contributed by atoms with Crippen molar-refractivity contribution in [3.8, 4) is 0 Å². The molecule has 0 unspecified atom stereocenters. The van der Waals surface area contributed by atoms with Crippen molar-refractivity contribution in [2.45, 2.75) is 32.6 Å². The van der Waals surface area contributed by atoms with E-state index in [1.54, 1.807) is 6.07 Å². The van der Waals surface area contributed by atoms with Gasteiger partial charge in [-0.3, -0.25) is 9.59 Å². The van der Waals surface area contributed by atoms with Crippen LogP contribution in [0.4, 0.5) is 0 Å². The van der Waals surface area contributed by atoms with Crippen LogP contribution in [0, 0.1) is 6.42 Å². The zero-order chi connectivity index (χ0) is 11.5. The summed E-state index contributed by atoms with van der Waals surface area (Å²) >= 11 is 0. The third-order valence-corrected chi connectivity index (χ3v) is 2.97. The first-order valence-electron chi connectivity index (χ1n) is 5.76. The second-order valence-electron chi connectivity index (χ2n) is 4.14. The highest BCUT2D eigenvalue weighted by Gasteiger charge is 2.25. The van der Waals surface area contributed by atoms with Crippen LogP contribution in [0.1, 0.15) is 52.5 Å². The molecule has 2 nitrogen and oxygen atoms in total. The number of hydrogen-bond donors (Lipinski definition) is 0. The van der Waals surface area contributed by atoms with E-state index in [1.165, 1.54) is 6.42 Å². The minimum absolute atomic E-state index is 0.00653. The van der Waals surface area contributed by atoms with E-state index in [4.69, 9.17) is 0 Å². The Hall–Kier alpha value is -1.44.